The molecule has 2 aliphatic rings. The molecule has 24 heavy (non-hydrogen) atoms. The van der Waals surface area contributed by atoms with E-state index in [1.807, 2.05) is 18.7 Å². The van der Waals surface area contributed by atoms with E-state index in [1.165, 1.54) is 5.56 Å². The third-order valence-corrected chi connectivity index (χ3v) is 5.31. The van der Waals surface area contributed by atoms with Crippen LogP contribution in [0.15, 0.2) is 12.1 Å². The third-order valence-electron chi connectivity index (χ3n) is 5.31. The van der Waals surface area contributed by atoms with E-state index < -0.39 is 0 Å². The quantitative estimate of drug-likeness (QED) is 0.921. The maximum absolute atomic E-state index is 12.9. The summed E-state index contributed by atoms with van der Waals surface area (Å²) in [6.07, 6.45) is 2.29. The fraction of sp³-hybridized carbons (Fsp3) is 0.579. The fourth-order valence-electron chi connectivity index (χ4n) is 4.29. The number of rotatable bonds is 3. The van der Waals surface area contributed by atoms with Gasteiger partial charge in [0.15, 0.2) is 0 Å². The normalized spacial score (nSPS) is 24.1. The van der Waals surface area contributed by atoms with E-state index in [0.29, 0.717) is 19.5 Å². The maximum atomic E-state index is 12.9. The van der Waals surface area contributed by atoms with Crippen LogP contribution in [-0.4, -0.2) is 42.4 Å². The van der Waals surface area contributed by atoms with E-state index in [1.54, 1.807) is 4.90 Å². The average Bonchev–Trinajstić information content (AvgIpc) is 3.12. The van der Waals surface area contributed by atoms with Crippen molar-refractivity contribution < 1.29 is 9.59 Å². The van der Waals surface area contributed by atoms with Gasteiger partial charge in [0.05, 0.1) is 5.92 Å². The highest BCUT2D eigenvalue weighted by molar-refractivity contribution is 6.01. The van der Waals surface area contributed by atoms with Crippen molar-refractivity contribution in [1.82, 2.24) is 4.90 Å². The molecule has 5 nitrogen and oxygen atoms in total. The van der Waals surface area contributed by atoms with E-state index >= 15 is 0 Å². The number of likely N-dealkylation sites (tertiary alicyclic amines) is 1. The van der Waals surface area contributed by atoms with Crippen molar-refractivity contribution in [1.29, 1.82) is 0 Å². The highest BCUT2D eigenvalue weighted by Crippen LogP contribution is 2.33. The van der Waals surface area contributed by atoms with Crippen molar-refractivity contribution in [3.05, 3.63) is 28.8 Å². The molecule has 5 heteroatoms. The lowest BCUT2D eigenvalue weighted by molar-refractivity contribution is -0.136. The van der Waals surface area contributed by atoms with Crippen LogP contribution in [-0.2, 0) is 9.59 Å². The Bertz CT molecular complexity index is 648. The zero-order chi connectivity index (χ0) is 17.4. The second-order valence-electron chi connectivity index (χ2n) is 7.22. The van der Waals surface area contributed by atoms with Crippen LogP contribution in [0.1, 0.15) is 36.0 Å². The van der Waals surface area contributed by atoms with Gasteiger partial charge in [0.25, 0.3) is 0 Å². The molecule has 2 unspecified atom stereocenters. The molecule has 1 aromatic rings. The van der Waals surface area contributed by atoms with E-state index in [-0.39, 0.29) is 23.8 Å². The highest BCUT2D eigenvalue weighted by atomic mass is 16.2. The first kappa shape index (κ1) is 17.0. The van der Waals surface area contributed by atoms with Gasteiger partial charge in [0.2, 0.25) is 11.8 Å². The van der Waals surface area contributed by atoms with Crippen molar-refractivity contribution >= 4 is 17.5 Å². The number of hydrogen-bond donors (Lipinski definition) is 1. The van der Waals surface area contributed by atoms with Gasteiger partial charge in [0.1, 0.15) is 0 Å². The number of nitrogens with two attached hydrogens (primary N) is 1. The number of carbonyl (C=O) groups excluding carboxylic acids is 2. The molecule has 0 saturated carbocycles. The molecule has 130 valence electrons. The molecule has 1 aromatic carbocycles. The van der Waals surface area contributed by atoms with Crippen LogP contribution in [0.25, 0.3) is 0 Å². The molecule has 2 amide bonds. The second-order valence-corrected chi connectivity index (χ2v) is 7.22. The third kappa shape index (κ3) is 2.93. The predicted molar refractivity (Wildman–Crippen MR) is 94.9 cm³/mol. The van der Waals surface area contributed by atoms with Crippen LogP contribution in [0.5, 0.6) is 0 Å². The molecule has 0 aromatic heterocycles. The molecule has 3 rings (SSSR count). The molecule has 2 N–H and O–H groups in total. The minimum atomic E-state index is -0.246. The standard InChI is InChI=1S/C19H27N3O2/c1-12-7-13(2)18(14(3)8-12)22-11-15(9-17(22)23)19(24)21-6-4-5-16(21)10-20/h7-8,15-16H,4-6,9-11,20H2,1-3H3. The molecule has 0 aliphatic carbocycles. The number of carbonyl (C=O) groups is 2. The minimum Gasteiger partial charge on any atom is -0.338 e. The van der Waals surface area contributed by atoms with Crippen LogP contribution in [0.4, 0.5) is 5.69 Å². The lowest BCUT2D eigenvalue weighted by atomic mass is 10.0. The molecule has 2 fully saturated rings. The summed E-state index contributed by atoms with van der Waals surface area (Å²) in [4.78, 5) is 29.1. The molecule has 0 bridgehead atoms. The summed E-state index contributed by atoms with van der Waals surface area (Å²) >= 11 is 0. The molecule has 0 radical (unpaired) electrons. The predicted octanol–water partition coefficient (Wildman–Crippen LogP) is 1.91. The zero-order valence-corrected chi connectivity index (χ0v) is 14.8. The number of nitrogens with zero attached hydrogens (tertiary/aromatic N) is 2. The van der Waals surface area contributed by atoms with Crippen LogP contribution in [0.3, 0.4) is 0 Å². The Morgan fingerprint density at radius 2 is 1.92 bits per heavy atom. The van der Waals surface area contributed by atoms with Gasteiger partial charge in [-0.25, -0.2) is 0 Å². The van der Waals surface area contributed by atoms with Gasteiger partial charge in [-0.1, -0.05) is 17.7 Å². The first-order valence-corrected chi connectivity index (χ1v) is 8.81. The summed E-state index contributed by atoms with van der Waals surface area (Å²) in [7, 11) is 0. The molecule has 2 atom stereocenters. The molecule has 2 saturated heterocycles. The lowest BCUT2D eigenvalue weighted by Gasteiger charge is -2.27. The van der Waals surface area contributed by atoms with Crippen LogP contribution in [0, 0.1) is 26.7 Å². The smallest absolute Gasteiger partial charge is 0.228 e. The highest BCUT2D eigenvalue weighted by Gasteiger charge is 2.40. The van der Waals surface area contributed by atoms with Gasteiger partial charge < -0.3 is 15.5 Å². The van der Waals surface area contributed by atoms with Crippen LogP contribution < -0.4 is 10.6 Å². The molecular formula is C19H27N3O2. The Balaban J connectivity index is 1.80. The van der Waals surface area contributed by atoms with E-state index in [4.69, 9.17) is 5.73 Å². The van der Waals surface area contributed by atoms with E-state index in [0.717, 1.165) is 36.2 Å². The van der Waals surface area contributed by atoms with E-state index in [2.05, 4.69) is 19.1 Å². The largest absolute Gasteiger partial charge is 0.338 e. The Kier molecular flexibility index (Phi) is 4.63. The first-order chi connectivity index (χ1) is 11.4. The monoisotopic (exact) mass is 329 g/mol. The van der Waals surface area contributed by atoms with Crippen molar-refractivity contribution in [3.8, 4) is 0 Å². The lowest BCUT2D eigenvalue weighted by Crippen LogP contribution is -2.43. The Labute approximate surface area is 143 Å². The summed E-state index contributed by atoms with van der Waals surface area (Å²) in [5.41, 5.74) is 10.1. The van der Waals surface area contributed by atoms with Crippen molar-refractivity contribution in [3.63, 3.8) is 0 Å². The first-order valence-electron chi connectivity index (χ1n) is 8.81. The molecule has 0 spiro atoms. The number of hydrogen-bond acceptors (Lipinski definition) is 3. The average molecular weight is 329 g/mol. The molecular weight excluding hydrogens is 302 g/mol. The topological polar surface area (TPSA) is 66.6 Å². The fourth-order valence-corrected chi connectivity index (χ4v) is 4.29. The number of amides is 2. The SMILES string of the molecule is Cc1cc(C)c(N2CC(C(=O)N3CCCC3CN)CC2=O)c(C)c1. The zero-order valence-electron chi connectivity index (χ0n) is 14.8. The van der Waals surface area contributed by atoms with Crippen molar-refractivity contribution in [2.75, 3.05) is 24.5 Å². The van der Waals surface area contributed by atoms with Gasteiger partial charge in [-0.3, -0.25) is 9.59 Å². The summed E-state index contributed by atoms with van der Waals surface area (Å²) < 4.78 is 0. The van der Waals surface area contributed by atoms with Crippen LogP contribution in [0.2, 0.25) is 0 Å². The Hall–Kier alpha value is -1.88. The van der Waals surface area contributed by atoms with Gasteiger partial charge in [-0.05, 0) is 44.7 Å². The van der Waals surface area contributed by atoms with Gasteiger partial charge >= 0.3 is 0 Å². The minimum absolute atomic E-state index is 0.0481. The Morgan fingerprint density at radius 1 is 1.25 bits per heavy atom. The maximum Gasteiger partial charge on any atom is 0.228 e. The van der Waals surface area contributed by atoms with Crippen LogP contribution >= 0.6 is 0 Å². The van der Waals surface area contributed by atoms with Crippen molar-refractivity contribution in [2.45, 2.75) is 46.1 Å². The van der Waals surface area contributed by atoms with Gasteiger partial charge in [-0.15, -0.1) is 0 Å². The summed E-state index contributed by atoms with van der Waals surface area (Å²) in [6.45, 7) is 7.88. The second kappa shape index (κ2) is 6.55. The molecule has 2 heterocycles. The van der Waals surface area contributed by atoms with Crippen molar-refractivity contribution in [2.24, 2.45) is 11.7 Å². The summed E-state index contributed by atoms with van der Waals surface area (Å²) in [5, 5.41) is 0. The van der Waals surface area contributed by atoms with Gasteiger partial charge in [-0.2, -0.15) is 0 Å². The number of aryl methyl sites for hydroxylation is 3. The summed E-state index contributed by atoms with van der Waals surface area (Å²) in [6, 6.07) is 4.33. The number of anilines is 1. The van der Waals surface area contributed by atoms with Gasteiger partial charge in [0, 0.05) is 37.8 Å². The molecule has 2 aliphatic heterocycles. The Morgan fingerprint density at radius 3 is 2.54 bits per heavy atom. The number of benzene rings is 1. The summed E-state index contributed by atoms with van der Waals surface area (Å²) in [5.74, 6) is -0.0992. The van der Waals surface area contributed by atoms with E-state index in [9.17, 15) is 9.59 Å².